The van der Waals surface area contributed by atoms with Gasteiger partial charge in [-0.3, -0.25) is 0 Å². The largest absolute Gasteiger partial charge is 0.392 e. The highest BCUT2D eigenvalue weighted by Crippen LogP contribution is 2.65. The predicted molar refractivity (Wildman–Crippen MR) is 89.4 cm³/mol. The molecule has 4 aliphatic carbocycles. The van der Waals surface area contributed by atoms with Crippen LogP contribution in [0.15, 0.2) is 0 Å². The lowest BCUT2D eigenvalue weighted by Crippen LogP contribution is -2.63. The molecule has 4 saturated carbocycles. The summed E-state index contributed by atoms with van der Waals surface area (Å²) < 4.78 is 5.81. The molecule has 5 rings (SSSR count). The molecule has 1 aliphatic heterocycles. The maximum absolute atomic E-state index is 12.6. The van der Waals surface area contributed by atoms with Gasteiger partial charge in [0.1, 0.15) is 0 Å². The lowest BCUT2D eigenvalue weighted by molar-refractivity contribution is -0.207. The number of carbonyl (C=O) groups excluding carboxylic acids is 1. The van der Waals surface area contributed by atoms with Gasteiger partial charge in [-0.05, 0) is 62.7 Å². The number of fused-ring (bicyclic) bond motifs is 5. The van der Waals surface area contributed by atoms with Crippen LogP contribution in [0.5, 0.6) is 0 Å². The van der Waals surface area contributed by atoms with Crippen LogP contribution in [0.2, 0.25) is 0 Å². The Morgan fingerprint density at radius 1 is 1.21 bits per heavy atom. The molecule has 0 aromatic rings. The summed E-state index contributed by atoms with van der Waals surface area (Å²) in [5.74, 6) is 3.37. The third-order valence-corrected chi connectivity index (χ3v) is 8.12. The van der Waals surface area contributed by atoms with E-state index in [1.54, 1.807) is 0 Å². The molecule has 5 nitrogen and oxygen atoms in total. The van der Waals surface area contributed by atoms with E-state index >= 15 is 0 Å². The van der Waals surface area contributed by atoms with Crippen LogP contribution in [0, 0.1) is 29.1 Å². The Labute approximate surface area is 144 Å². The zero-order chi connectivity index (χ0) is 16.5. The van der Waals surface area contributed by atoms with Crippen molar-refractivity contribution >= 4 is 6.03 Å². The lowest BCUT2D eigenvalue weighted by Gasteiger charge is -2.56. The highest BCUT2D eigenvalue weighted by Gasteiger charge is 2.65. The number of aliphatic hydroxyl groups excluding tert-OH is 1. The summed E-state index contributed by atoms with van der Waals surface area (Å²) in [4.78, 5) is 14.6. The van der Waals surface area contributed by atoms with Crippen molar-refractivity contribution in [3.8, 4) is 0 Å². The smallest absolute Gasteiger partial charge is 0.317 e. The van der Waals surface area contributed by atoms with Crippen molar-refractivity contribution in [2.45, 2.75) is 63.7 Å². The lowest BCUT2D eigenvalue weighted by atomic mass is 9.58. The normalized spacial score (nSPS) is 47.4. The number of amides is 2. The van der Waals surface area contributed by atoms with Crippen molar-refractivity contribution in [3.05, 3.63) is 0 Å². The first-order chi connectivity index (χ1) is 11.6. The van der Waals surface area contributed by atoms with Crippen molar-refractivity contribution in [1.29, 1.82) is 0 Å². The number of nitrogens with zero attached hydrogens (tertiary/aromatic N) is 1. The van der Waals surface area contributed by atoms with Crippen LogP contribution in [0.3, 0.4) is 0 Å². The van der Waals surface area contributed by atoms with Crippen molar-refractivity contribution in [2.75, 3.05) is 19.7 Å². The van der Waals surface area contributed by atoms with Crippen molar-refractivity contribution < 1.29 is 14.6 Å². The van der Waals surface area contributed by atoms with E-state index in [1.165, 1.54) is 19.3 Å². The molecule has 24 heavy (non-hydrogen) atoms. The van der Waals surface area contributed by atoms with Crippen LogP contribution in [0.1, 0.15) is 45.4 Å². The SMILES string of the molecule is CCO[C@@H]1C[C@H](O)C12CCN(C(=O)NC1[C@@H]3[C@H]4CC[C@@H](C4)[C@H]13)CC2. The van der Waals surface area contributed by atoms with Crippen LogP contribution < -0.4 is 5.32 Å². The van der Waals surface area contributed by atoms with Gasteiger partial charge in [-0.25, -0.2) is 4.79 Å². The fourth-order valence-corrected chi connectivity index (χ4v) is 6.70. The zero-order valence-corrected chi connectivity index (χ0v) is 14.6. The maximum Gasteiger partial charge on any atom is 0.317 e. The fraction of sp³-hybridized carbons (Fsp3) is 0.947. The van der Waals surface area contributed by atoms with Gasteiger partial charge >= 0.3 is 6.03 Å². The van der Waals surface area contributed by atoms with E-state index in [9.17, 15) is 9.90 Å². The van der Waals surface area contributed by atoms with Crippen LogP contribution in [-0.2, 0) is 4.74 Å². The van der Waals surface area contributed by atoms with Gasteiger partial charge in [-0.1, -0.05) is 0 Å². The molecule has 5 heteroatoms. The molecule has 1 saturated heterocycles. The Hall–Kier alpha value is -0.810. The molecule has 2 N–H and O–H groups in total. The fourth-order valence-electron chi connectivity index (χ4n) is 6.70. The van der Waals surface area contributed by atoms with Gasteiger partial charge in [-0.15, -0.1) is 0 Å². The number of aliphatic hydroxyl groups is 1. The summed E-state index contributed by atoms with van der Waals surface area (Å²) in [5, 5.41) is 13.6. The minimum Gasteiger partial charge on any atom is -0.392 e. The van der Waals surface area contributed by atoms with E-state index in [2.05, 4.69) is 5.32 Å². The quantitative estimate of drug-likeness (QED) is 0.830. The second kappa shape index (κ2) is 5.34. The van der Waals surface area contributed by atoms with Crippen LogP contribution >= 0.6 is 0 Å². The number of piperidine rings is 1. The minimum atomic E-state index is -0.252. The highest BCUT2D eigenvalue weighted by atomic mass is 16.5. The first kappa shape index (κ1) is 15.4. The number of carbonyl (C=O) groups is 1. The predicted octanol–water partition coefficient (Wildman–Crippen LogP) is 1.99. The molecule has 5 fully saturated rings. The summed E-state index contributed by atoms with van der Waals surface area (Å²) >= 11 is 0. The van der Waals surface area contributed by atoms with E-state index in [4.69, 9.17) is 4.74 Å². The Morgan fingerprint density at radius 3 is 2.46 bits per heavy atom. The van der Waals surface area contributed by atoms with Gasteiger partial charge in [0.2, 0.25) is 0 Å². The van der Waals surface area contributed by atoms with E-state index in [0.29, 0.717) is 12.6 Å². The summed E-state index contributed by atoms with van der Waals surface area (Å²) in [6.07, 6.45) is 6.63. The van der Waals surface area contributed by atoms with Gasteiger partial charge < -0.3 is 20.1 Å². The Balaban J connectivity index is 1.15. The summed E-state index contributed by atoms with van der Waals surface area (Å²) in [7, 11) is 0. The standard InChI is InChI=1S/C19H30N2O3/c1-2-24-14-10-13(22)19(14)5-7-21(8-6-19)18(23)20-17-15-11-3-4-12(9-11)16(15)17/h11-17,22H,2-10H2,1H3,(H,20,23)/t11-,12-,13-,14+,15-,16+,17?/m0/s1. The molecular formula is C19H30N2O3. The number of hydrogen-bond donors (Lipinski definition) is 2. The molecule has 134 valence electrons. The van der Waals surface area contributed by atoms with Crippen LogP contribution in [-0.4, -0.2) is 54.0 Å². The van der Waals surface area contributed by atoms with Gasteiger partial charge in [0.25, 0.3) is 0 Å². The van der Waals surface area contributed by atoms with Crippen LogP contribution in [0.4, 0.5) is 4.79 Å². The average molecular weight is 334 g/mol. The molecule has 0 aromatic carbocycles. The number of likely N-dealkylation sites (tertiary alicyclic amines) is 1. The maximum atomic E-state index is 12.6. The van der Waals surface area contributed by atoms with Gasteiger partial charge in [-0.2, -0.15) is 0 Å². The van der Waals surface area contributed by atoms with E-state index in [0.717, 1.165) is 56.0 Å². The van der Waals surface area contributed by atoms with Gasteiger partial charge in [0, 0.05) is 37.6 Å². The molecule has 2 bridgehead atoms. The summed E-state index contributed by atoms with van der Waals surface area (Å²) in [6, 6.07) is 0.593. The molecule has 7 atom stereocenters. The molecule has 1 unspecified atom stereocenters. The summed E-state index contributed by atoms with van der Waals surface area (Å²) in [6.45, 7) is 4.22. The molecule has 0 aromatic heterocycles. The first-order valence-corrected chi connectivity index (χ1v) is 9.99. The third-order valence-electron chi connectivity index (χ3n) is 8.12. The monoisotopic (exact) mass is 334 g/mol. The van der Waals surface area contributed by atoms with Gasteiger partial charge in [0.15, 0.2) is 0 Å². The second-order valence-electron chi connectivity index (χ2n) is 8.88. The van der Waals surface area contributed by atoms with Gasteiger partial charge in [0.05, 0.1) is 12.2 Å². The van der Waals surface area contributed by atoms with Crippen molar-refractivity contribution in [2.24, 2.45) is 29.1 Å². The molecule has 1 spiro atoms. The number of ether oxygens (including phenoxy) is 1. The van der Waals surface area contributed by atoms with E-state index in [-0.39, 0.29) is 23.7 Å². The number of hydrogen-bond acceptors (Lipinski definition) is 3. The molecular weight excluding hydrogens is 304 g/mol. The van der Waals surface area contributed by atoms with E-state index in [1.807, 2.05) is 11.8 Å². The Morgan fingerprint density at radius 2 is 1.88 bits per heavy atom. The molecule has 0 radical (unpaired) electrons. The average Bonchev–Trinajstić information content (AvgIpc) is 2.97. The van der Waals surface area contributed by atoms with Crippen molar-refractivity contribution in [3.63, 3.8) is 0 Å². The Kier molecular flexibility index (Phi) is 3.44. The Bertz CT molecular complexity index is 513. The zero-order valence-electron chi connectivity index (χ0n) is 14.6. The number of nitrogens with one attached hydrogen (secondary N) is 1. The molecule has 2 amide bonds. The first-order valence-electron chi connectivity index (χ1n) is 9.99. The second-order valence-corrected chi connectivity index (χ2v) is 8.88. The molecule has 1 heterocycles. The minimum absolute atomic E-state index is 0.0953. The van der Waals surface area contributed by atoms with Crippen LogP contribution in [0.25, 0.3) is 0 Å². The topological polar surface area (TPSA) is 61.8 Å². The van der Waals surface area contributed by atoms with Crippen molar-refractivity contribution in [1.82, 2.24) is 10.2 Å². The highest BCUT2D eigenvalue weighted by molar-refractivity contribution is 5.75. The molecule has 5 aliphatic rings. The van der Waals surface area contributed by atoms with E-state index < -0.39 is 0 Å². The third kappa shape index (κ3) is 2.03. The number of rotatable bonds is 3. The summed E-state index contributed by atoms with van der Waals surface area (Å²) in [5.41, 5.74) is -0.0953. The number of urea groups is 1.